The van der Waals surface area contributed by atoms with Gasteiger partial charge in [0.1, 0.15) is 12.1 Å². The van der Waals surface area contributed by atoms with Gasteiger partial charge >= 0.3 is 5.97 Å². The molecule has 6 nitrogen and oxygen atoms in total. The van der Waals surface area contributed by atoms with Gasteiger partial charge < -0.3 is 15.4 Å². The van der Waals surface area contributed by atoms with Crippen LogP contribution < -0.4 is 10.6 Å². The number of ether oxygens (including phenoxy) is 1. The van der Waals surface area contributed by atoms with Crippen LogP contribution in [-0.4, -0.2) is 55.2 Å². The Labute approximate surface area is 163 Å². The Bertz CT molecular complexity index is 617. The summed E-state index contributed by atoms with van der Waals surface area (Å²) in [6.07, 6.45) is 2.09. The molecule has 0 saturated carbocycles. The number of piperidine rings is 1. The third-order valence-electron chi connectivity index (χ3n) is 4.74. The number of benzene rings is 1. The Morgan fingerprint density at radius 3 is 2.44 bits per heavy atom. The molecule has 0 aromatic heterocycles. The average Bonchev–Trinajstić information content (AvgIpc) is 2.64. The molecule has 0 radical (unpaired) electrons. The second kappa shape index (κ2) is 9.74. The molecular weight excluding hydrogens is 340 g/mol. The predicted octanol–water partition coefficient (Wildman–Crippen LogP) is 2.72. The summed E-state index contributed by atoms with van der Waals surface area (Å²) >= 11 is 0. The van der Waals surface area contributed by atoms with Crippen molar-refractivity contribution in [2.24, 2.45) is 4.99 Å². The van der Waals surface area contributed by atoms with Crippen LogP contribution in [-0.2, 0) is 9.53 Å². The van der Waals surface area contributed by atoms with E-state index in [4.69, 9.17) is 4.74 Å². The first-order valence-corrected chi connectivity index (χ1v) is 9.76. The van der Waals surface area contributed by atoms with Crippen molar-refractivity contribution in [3.05, 3.63) is 35.9 Å². The van der Waals surface area contributed by atoms with Crippen LogP contribution in [0.25, 0.3) is 0 Å². The molecule has 1 unspecified atom stereocenters. The number of carbonyl (C=O) groups is 1. The molecule has 0 amide bonds. The summed E-state index contributed by atoms with van der Waals surface area (Å²) in [5, 5.41) is 6.48. The molecule has 1 saturated heterocycles. The molecule has 1 fully saturated rings. The van der Waals surface area contributed by atoms with E-state index < -0.39 is 5.60 Å². The molecular formula is C21H34N4O2. The summed E-state index contributed by atoms with van der Waals surface area (Å²) in [5.41, 5.74) is 0.886. The first-order chi connectivity index (χ1) is 12.8. The first kappa shape index (κ1) is 21.2. The number of nitrogens with zero attached hydrogens (tertiary/aromatic N) is 2. The van der Waals surface area contributed by atoms with Crippen LogP contribution in [0.15, 0.2) is 35.3 Å². The van der Waals surface area contributed by atoms with Gasteiger partial charge in [0, 0.05) is 32.2 Å². The number of guanidine groups is 1. The lowest BCUT2D eigenvalue weighted by Crippen LogP contribution is -2.50. The third kappa shape index (κ3) is 7.21. The minimum Gasteiger partial charge on any atom is -0.459 e. The fourth-order valence-electron chi connectivity index (χ4n) is 3.29. The van der Waals surface area contributed by atoms with Crippen LogP contribution >= 0.6 is 0 Å². The van der Waals surface area contributed by atoms with Gasteiger partial charge in [-0.05, 0) is 46.1 Å². The summed E-state index contributed by atoms with van der Waals surface area (Å²) in [6.45, 7) is 10.0. The SMILES string of the molecule is CN=C(NCC(=O)OC(C)(C)C)NC1CCN(C(C)c2ccccc2)CC1. The van der Waals surface area contributed by atoms with Crippen LogP contribution in [0.5, 0.6) is 0 Å². The summed E-state index contributed by atoms with van der Waals surface area (Å²) in [5.74, 6) is 0.368. The standard InChI is InChI=1S/C21H34N4O2/c1-16(17-9-7-6-8-10-17)25-13-11-18(12-14-25)24-20(22-5)23-15-19(26)27-21(2,3)4/h6-10,16,18H,11-15H2,1-5H3,(H2,22,23,24). The van der Waals surface area contributed by atoms with E-state index in [-0.39, 0.29) is 12.5 Å². The Kier molecular flexibility index (Phi) is 7.66. The van der Waals surface area contributed by atoms with E-state index in [9.17, 15) is 4.79 Å². The molecule has 1 atom stereocenters. The topological polar surface area (TPSA) is 66.0 Å². The van der Waals surface area contributed by atoms with Crippen LogP contribution in [0.2, 0.25) is 0 Å². The Hall–Kier alpha value is -2.08. The van der Waals surface area contributed by atoms with Gasteiger partial charge in [0.05, 0.1) is 0 Å². The molecule has 0 spiro atoms. The molecule has 2 N–H and O–H groups in total. The molecule has 1 aromatic carbocycles. The predicted molar refractivity (Wildman–Crippen MR) is 110 cm³/mol. The van der Waals surface area contributed by atoms with Crippen LogP contribution in [0.4, 0.5) is 0 Å². The summed E-state index contributed by atoms with van der Waals surface area (Å²) in [4.78, 5) is 18.6. The summed E-state index contributed by atoms with van der Waals surface area (Å²) in [7, 11) is 1.72. The Morgan fingerprint density at radius 1 is 1.26 bits per heavy atom. The van der Waals surface area contributed by atoms with Crippen molar-refractivity contribution in [2.45, 2.75) is 58.2 Å². The molecule has 6 heteroatoms. The lowest BCUT2D eigenvalue weighted by atomic mass is 10.0. The zero-order valence-corrected chi connectivity index (χ0v) is 17.3. The second-order valence-corrected chi connectivity index (χ2v) is 8.05. The van der Waals surface area contributed by atoms with Gasteiger partial charge in [0.2, 0.25) is 0 Å². The maximum Gasteiger partial charge on any atom is 0.325 e. The van der Waals surface area contributed by atoms with Gasteiger partial charge in [0.25, 0.3) is 0 Å². The smallest absolute Gasteiger partial charge is 0.325 e. The summed E-state index contributed by atoms with van der Waals surface area (Å²) in [6, 6.07) is 11.4. The van der Waals surface area contributed by atoms with Crippen molar-refractivity contribution in [3.63, 3.8) is 0 Å². The van der Waals surface area contributed by atoms with Crippen molar-refractivity contribution in [1.82, 2.24) is 15.5 Å². The van der Waals surface area contributed by atoms with Crippen LogP contribution in [0.3, 0.4) is 0 Å². The van der Waals surface area contributed by atoms with Crippen molar-refractivity contribution in [3.8, 4) is 0 Å². The number of esters is 1. The monoisotopic (exact) mass is 374 g/mol. The second-order valence-electron chi connectivity index (χ2n) is 8.05. The van der Waals surface area contributed by atoms with Crippen molar-refractivity contribution in [2.75, 3.05) is 26.7 Å². The van der Waals surface area contributed by atoms with Gasteiger partial charge in [-0.15, -0.1) is 0 Å². The summed E-state index contributed by atoms with van der Waals surface area (Å²) < 4.78 is 5.31. The lowest BCUT2D eigenvalue weighted by molar-refractivity contribution is -0.153. The lowest BCUT2D eigenvalue weighted by Gasteiger charge is -2.37. The number of rotatable bonds is 5. The normalized spacial score (nSPS) is 18.0. The van der Waals surface area contributed by atoms with Crippen LogP contribution in [0.1, 0.15) is 52.1 Å². The fourth-order valence-corrected chi connectivity index (χ4v) is 3.29. The molecule has 0 aliphatic carbocycles. The van der Waals surface area contributed by atoms with Crippen molar-refractivity contribution >= 4 is 11.9 Å². The molecule has 2 rings (SSSR count). The highest BCUT2D eigenvalue weighted by molar-refractivity contribution is 5.84. The van der Waals surface area contributed by atoms with E-state index in [1.54, 1.807) is 7.05 Å². The minimum absolute atomic E-state index is 0.112. The number of likely N-dealkylation sites (tertiary alicyclic amines) is 1. The molecule has 0 bridgehead atoms. The van der Waals surface area contributed by atoms with E-state index >= 15 is 0 Å². The zero-order valence-electron chi connectivity index (χ0n) is 17.3. The molecule has 1 aliphatic heterocycles. The Morgan fingerprint density at radius 2 is 1.89 bits per heavy atom. The first-order valence-electron chi connectivity index (χ1n) is 9.76. The number of nitrogens with one attached hydrogen (secondary N) is 2. The zero-order chi connectivity index (χ0) is 19.9. The molecule has 27 heavy (non-hydrogen) atoms. The largest absolute Gasteiger partial charge is 0.459 e. The van der Waals surface area contributed by atoms with E-state index in [1.165, 1.54) is 5.56 Å². The maximum absolute atomic E-state index is 11.8. The van der Waals surface area contributed by atoms with E-state index in [0.29, 0.717) is 18.0 Å². The van der Waals surface area contributed by atoms with E-state index in [0.717, 1.165) is 25.9 Å². The molecule has 1 aliphatic rings. The molecule has 150 valence electrons. The highest BCUT2D eigenvalue weighted by Gasteiger charge is 2.24. The quantitative estimate of drug-likeness (QED) is 0.471. The fraction of sp³-hybridized carbons (Fsp3) is 0.619. The van der Waals surface area contributed by atoms with Gasteiger partial charge in [-0.25, -0.2) is 0 Å². The molecule has 1 aromatic rings. The van der Waals surface area contributed by atoms with Crippen LogP contribution in [0, 0.1) is 0 Å². The Balaban J connectivity index is 1.76. The number of hydrogen-bond acceptors (Lipinski definition) is 4. The maximum atomic E-state index is 11.8. The van der Waals surface area contributed by atoms with E-state index in [1.807, 2.05) is 20.8 Å². The highest BCUT2D eigenvalue weighted by Crippen LogP contribution is 2.23. The molecule has 1 heterocycles. The van der Waals surface area contributed by atoms with Gasteiger partial charge in [0.15, 0.2) is 5.96 Å². The van der Waals surface area contributed by atoms with Crippen molar-refractivity contribution in [1.29, 1.82) is 0 Å². The van der Waals surface area contributed by atoms with Crippen molar-refractivity contribution < 1.29 is 9.53 Å². The van der Waals surface area contributed by atoms with Gasteiger partial charge in [-0.2, -0.15) is 0 Å². The minimum atomic E-state index is -0.474. The average molecular weight is 375 g/mol. The number of carbonyl (C=O) groups excluding carboxylic acids is 1. The van der Waals surface area contributed by atoms with Gasteiger partial charge in [-0.1, -0.05) is 30.3 Å². The number of hydrogen-bond donors (Lipinski definition) is 2. The van der Waals surface area contributed by atoms with Gasteiger partial charge in [-0.3, -0.25) is 14.7 Å². The highest BCUT2D eigenvalue weighted by atomic mass is 16.6. The van der Waals surface area contributed by atoms with E-state index in [2.05, 4.69) is 57.8 Å². The third-order valence-corrected chi connectivity index (χ3v) is 4.74. The number of aliphatic imine (C=N–C) groups is 1.